The minimum absolute atomic E-state index is 0.340. The van der Waals surface area contributed by atoms with Crippen LogP contribution in [-0.2, 0) is 16.1 Å². The highest BCUT2D eigenvalue weighted by Crippen LogP contribution is 2.24. The molecule has 7 nitrogen and oxygen atoms in total. The topological polar surface area (TPSA) is 89.5 Å². The Morgan fingerprint density at radius 1 is 1.25 bits per heavy atom. The third-order valence-electron chi connectivity index (χ3n) is 3.28. The number of nitrogens with one attached hydrogen (secondary N) is 2. The van der Waals surface area contributed by atoms with E-state index in [0.717, 1.165) is 11.3 Å². The SMILES string of the molecule is CNc1snc(C)c1C(=O)OCC(=O)NCc1ccc(OC)cc1. The van der Waals surface area contributed by atoms with Gasteiger partial charge in [0.2, 0.25) is 0 Å². The number of esters is 1. The summed E-state index contributed by atoms with van der Waals surface area (Å²) in [4.78, 5) is 23.9. The van der Waals surface area contributed by atoms with E-state index in [1.54, 1.807) is 21.1 Å². The van der Waals surface area contributed by atoms with Gasteiger partial charge in [0.25, 0.3) is 5.91 Å². The Bertz CT molecular complexity index is 713. The van der Waals surface area contributed by atoms with Crippen LogP contribution in [0.4, 0.5) is 5.00 Å². The van der Waals surface area contributed by atoms with Crippen LogP contribution >= 0.6 is 11.5 Å². The molecule has 128 valence electrons. The molecule has 2 rings (SSSR count). The van der Waals surface area contributed by atoms with Crippen molar-refractivity contribution < 1.29 is 19.1 Å². The van der Waals surface area contributed by atoms with Crippen LogP contribution < -0.4 is 15.4 Å². The van der Waals surface area contributed by atoms with Crippen molar-refractivity contribution in [1.82, 2.24) is 9.69 Å². The van der Waals surface area contributed by atoms with Gasteiger partial charge in [-0.1, -0.05) is 12.1 Å². The molecule has 24 heavy (non-hydrogen) atoms. The predicted octanol–water partition coefficient (Wildman–Crippen LogP) is 1.98. The van der Waals surface area contributed by atoms with Crippen molar-refractivity contribution in [2.24, 2.45) is 0 Å². The first-order valence-electron chi connectivity index (χ1n) is 7.26. The van der Waals surface area contributed by atoms with Crippen molar-refractivity contribution in [3.8, 4) is 5.75 Å². The van der Waals surface area contributed by atoms with E-state index in [-0.39, 0.29) is 12.5 Å². The number of carbonyl (C=O) groups excluding carboxylic acids is 2. The molecule has 2 N–H and O–H groups in total. The number of rotatable bonds is 7. The molecule has 0 atom stereocenters. The van der Waals surface area contributed by atoms with Gasteiger partial charge in [-0.05, 0) is 36.2 Å². The van der Waals surface area contributed by atoms with E-state index in [2.05, 4.69) is 15.0 Å². The first-order chi connectivity index (χ1) is 11.5. The summed E-state index contributed by atoms with van der Waals surface area (Å²) < 4.78 is 14.2. The standard InChI is InChI=1S/C16H19N3O4S/c1-10-14(15(17-2)24-19-10)16(21)23-9-13(20)18-8-11-4-6-12(22-3)7-5-11/h4-7,17H,8-9H2,1-3H3,(H,18,20). The third-order valence-corrected chi connectivity index (χ3v) is 4.23. The van der Waals surface area contributed by atoms with Crippen LogP contribution in [0.3, 0.4) is 0 Å². The molecule has 1 heterocycles. The summed E-state index contributed by atoms with van der Waals surface area (Å²) in [7, 11) is 3.29. The number of nitrogens with zero attached hydrogens (tertiary/aromatic N) is 1. The van der Waals surface area contributed by atoms with E-state index < -0.39 is 5.97 Å². The maximum absolute atomic E-state index is 12.1. The highest BCUT2D eigenvalue weighted by Gasteiger charge is 2.20. The van der Waals surface area contributed by atoms with Crippen molar-refractivity contribution in [2.45, 2.75) is 13.5 Å². The van der Waals surface area contributed by atoms with Gasteiger partial charge in [0.05, 0.1) is 12.8 Å². The van der Waals surface area contributed by atoms with E-state index in [9.17, 15) is 9.59 Å². The molecule has 1 aromatic carbocycles. The molecule has 0 saturated carbocycles. The molecular formula is C16H19N3O4S. The number of hydrogen-bond donors (Lipinski definition) is 2. The van der Waals surface area contributed by atoms with Crippen molar-refractivity contribution in [3.63, 3.8) is 0 Å². The Hall–Kier alpha value is -2.61. The lowest BCUT2D eigenvalue weighted by atomic mass is 10.2. The van der Waals surface area contributed by atoms with E-state index >= 15 is 0 Å². The van der Waals surface area contributed by atoms with Crippen molar-refractivity contribution >= 4 is 28.4 Å². The summed E-state index contributed by atoms with van der Waals surface area (Å²) in [6.45, 7) is 1.73. The molecule has 0 aliphatic carbocycles. The highest BCUT2D eigenvalue weighted by molar-refractivity contribution is 7.10. The van der Waals surface area contributed by atoms with E-state index in [0.29, 0.717) is 22.8 Å². The lowest BCUT2D eigenvalue weighted by Crippen LogP contribution is -2.28. The van der Waals surface area contributed by atoms with Crippen molar-refractivity contribution in [2.75, 3.05) is 26.1 Å². The van der Waals surface area contributed by atoms with Crippen LogP contribution in [0.5, 0.6) is 5.75 Å². The van der Waals surface area contributed by atoms with E-state index in [1.807, 2.05) is 24.3 Å². The molecule has 0 aliphatic rings. The number of amides is 1. The monoisotopic (exact) mass is 349 g/mol. The molecule has 0 radical (unpaired) electrons. The summed E-state index contributed by atoms with van der Waals surface area (Å²) in [5, 5.41) is 6.20. The fourth-order valence-electron chi connectivity index (χ4n) is 1.98. The van der Waals surface area contributed by atoms with Gasteiger partial charge in [0.1, 0.15) is 16.3 Å². The second-order valence-electron chi connectivity index (χ2n) is 4.92. The lowest BCUT2D eigenvalue weighted by molar-refractivity contribution is -0.124. The number of benzene rings is 1. The predicted molar refractivity (Wildman–Crippen MR) is 91.5 cm³/mol. The molecule has 0 unspecified atom stereocenters. The summed E-state index contributed by atoms with van der Waals surface area (Å²) in [5.74, 6) is -0.185. The first kappa shape index (κ1) is 17.7. The Balaban J connectivity index is 1.82. The molecule has 1 amide bonds. The maximum Gasteiger partial charge on any atom is 0.343 e. The van der Waals surface area contributed by atoms with Crippen molar-refractivity contribution in [1.29, 1.82) is 0 Å². The number of ether oxygens (including phenoxy) is 2. The zero-order valence-electron chi connectivity index (χ0n) is 13.7. The summed E-state index contributed by atoms with van der Waals surface area (Å²) >= 11 is 1.18. The van der Waals surface area contributed by atoms with Crippen molar-refractivity contribution in [3.05, 3.63) is 41.1 Å². The smallest absolute Gasteiger partial charge is 0.343 e. The molecule has 0 aliphatic heterocycles. The Labute approximate surface area is 144 Å². The van der Waals surface area contributed by atoms with Crippen LogP contribution in [-0.4, -0.2) is 37.0 Å². The average Bonchev–Trinajstić information content (AvgIpc) is 2.99. The number of aromatic nitrogens is 1. The van der Waals surface area contributed by atoms with Gasteiger partial charge >= 0.3 is 5.97 Å². The van der Waals surface area contributed by atoms with Crippen LogP contribution in [0.15, 0.2) is 24.3 Å². The molecular weight excluding hydrogens is 330 g/mol. The van der Waals surface area contributed by atoms with Crippen LogP contribution in [0.25, 0.3) is 0 Å². The molecule has 8 heteroatoms. The fourth-order valence-corrected chi connectivity index (χ4v) is 2.71. The Kier molecular flexibility index (Phi) is 6.14. The second kappa shape index (κ2) is 8.30. The molecule has 0 fully saturated rings. The Morgan fingerprint density at radius 2 is 1.96 bits per heavy atom. The zero-order valence-corrected chi connectivity index (χ0v) is 14.5. The first-order valence-corrected chi connectivity index (χ1v) is 8.03. The van der Waals surface area contributed by atoms with Crippen LogP contribution in [0.1, 0.15) is 21.6 Å². The summed E-state index contributed by atoms with van der Waals surface area (Å²) in [5.41, 5.74) is 1.87. The Morgan fingerprint density at radius 3 is 2.58 bits per heavy atom. The number of carbonyl (C=O) groups is 2. The van der Waals surface area contributed by atoms with E-state index in [1.165, 1.54) is 11.5 Å². The number of aryl methyl sites for hydroxylation is 1. The van der Waals surface area contributed by atoms with Gasteiger partial charge < -0.3 is 20.1 Å². The van der Waals surface area contributed by atoms with Gasteiger partial charge in [-0.2, -0.15) is 4.37 Å². The van der Waals surface area contributed by atoms with Gasteiger partial charge in [-0.25, -0.2) is 4.79 Å². The van der Waals surface area contributed by atoms with Gasteiger partial charge in [0, 0.05) is 13.6 Å². The summed E-state index contributed by atoms with van der Waals surface area (Å²) in [6.07, 6.45) is 0. The van der Waals surface area contributed by atoms with Crippen LogP contribution in [0.2, 0.25) is 0 Å². The molecule has 0 saturated heterocycles. The highest BCUT2D eigenvalue weighted by atomic mass is 32.1. The second-order valence-corrected chi connectivity index (χ2v) is 5.70. The normalized spacial score (nSPS) is 10.1. The largest absolute Gasteiger partial charge is 0.497 e. The molecule has 2 aromatic rings. The number of hydrogen-bond acceptors (Lipinski definition) is 7. The van der Waals surface area contributed by atoms with Crippen LogP contribution in [0, 0.1) is 6.92 Å². The zero-order chi connectivity index (χ0) is 17.5. The minimum atomic E-state index is -0.565. The maximum atomic E-state index is 12.1. The lowest BCUT2D eigenvalue weighted by Gasteiger charge is -2.08. The average molecular weight is 349 g/mol. The quantitative estimate of drug-likeness (QED) is 0.743. The summed E-state index contributed by atoms with van der Waals surface area (Å²) in [6, 6.07) is 7.33. The van der Waals surface area contributed by atoms with Gasteiger partial charge in [-0.15, -0.1) is 0 Å². The minimum Gasteiger partial charge on any atom is -0.497 e. The van der Waals surface area contributed by atoms with Gasteiger partial charge in [-0.3, -0.25) is 4.79 Å². The fraction of sp³-hybridized carbons (Fsp3) is 0.312. The molecule has 0 spiro atoms. The van der Waals surface area contributed by atoms with E-state index in [4.69, 9.17) is 9.47 Å². The molecule has 1 aromatic heterocycles. The van der Waals surface area contributed by atoms with Gasteiger partial charge in [0.15, 0.2) is 6.61 Å². The molecule has 0 bridgehead atoms. The number of anilines is 1. The third kappa shape index (κ3) is 4.45. The number of methoxy groups -OCH3 is 1.